The number of amides is 2. The Morgan fingerprint density at radius 3 is 2.06 bits per heavy atom. The molecule has 4 N–H and O–H groups in total. The Balaban J connectivity index is 1.66. The van der Waals surface area contributed by atoms with Crippen LogP contribution in [-0.2, 0) is 14.3 Å². The molecular formula is C26H32N2O6. The first-order valence-corrected chi connectivity index (χ1v) is 11.7. The maximum Gasteiger partial charge on any atom is 0.407 e. The molecule has 0 bridgehead atoms. The number of rotatable bonds is 11. The third kappa shape index (κ3) is 5.94. The van der Waals surface area contributed by atoms with Crippen molar-refractivity contribution in [3.63, 3.8) is 0 Å². The van der Waals surface area contributed by atoms with Crippen molar-refractivity contribution >= 4 is 18.0 Å². The molecule has 182 valence electrons. The summed E-state index contributed by atoms with van der Waals surface area (Å²) in [6.07, 6.45) is -0.964. The van der Waals surface area contributed by atoms with E-state index in [0.29, 0.717) is 12.8 Å². The molecule has 0 spiro atoms. The van der Waals surface area contributed by atoms with E-state index in [9.17, 15) is 19.5 Å². The molecule has 3 atom stereocenters. The van der Waals surface area contributed by atoms with Gasteiger partial charge in [0.05, 0.1) is 12.1 Å². The molecule has 3 rings (SSSR count). The van der Waals surface area contributed by atoms with Gasteiger partial charge in [0.25, 0.3) is 0 Å². The number of ether oxygens (including phenoxy) is 1. The third-order valence-corrected chi connectivity index (χ3v) is 6.25. The third-order valence-electron chi connectivity index (χ3n) is 6.25. The number of aliphatic hydroxyl groups is 1. The molecule has 1 aliphatic carbocycles. The number of carboxylic acid groups (broad SMARTS) is 1. The van der Waals surface area contributed by atoms with Gasteiger partial charge in [0, 0.05) is 12.3 Å². The summed E-state index contributed by atoms with van der Waals surface area (Å²) in [5.41, 5.74) is 4.34. The van der Waals surface area contributed by atoms with Crippen LogP contribution in [0.15, 0.2) is 48.5 Å². The van der Waals surface area contributed by atoms with Gasteiger partial charge in [-0.3, -0.25) is 9.59 Å². The molecule has 0 aromatic heterocycles. The Morgan fingerprint density at radius 2 is 1.53 bits per heavy atom. The van der Waals surface area contributed by atoms with Crippen molar-refractivity contribution in [1.82, 2.24) is 10.6 Å². The first-order chi connectivity index (χ1) is 16.3. The van der Waals surface area contributed by atoms with E-state index in [1.54, 1.807) is 6.92 Å². The summed E-state index contributed by atoms with van der Waals surface area (Å²) in [5, 5.41) is 24.4. The van der Waals surface area contributed by atoms with Gasteiger partial charge in [0.1, 0.15) is 12.6 Å². The van der Waals surface area contributed by atoms with Crippen LogP contribution in [0.4, 0.5) is 4.79 Å². The van der Waals surface area contributed by atoms with Gasteiger partial charge in [-0.25, -0.2) is 4.79 Å². The zero-order valence-electron chi connectivity index (χ0n) is 19.5. The summed E-state index contributed by atoms with van der Waals surface area (Å²) in [6.45, 7) is 3.71. The Kier molecular flexibility index (Phi) is 8.65. The number of nitrogens with one attached hydrogen (secondary N) is 2. The fourth-order valence-electron chi connectivity index (χ4n) is 4.36. The number of carbonyl (C=O) groups excluding carboxylic acids is 2. The molecule has 0 heterocycles. The van der Waals surface area contributed by atoms with Crippen LogP contribution in [-0.4, -0.2) is 53.0 Å². The maximum absolute atomic E-state index is 12.8. The number of fused-ring (bicyclic) bond motifs is 3. The molecular weight excluding hydrogens is 436 g/mol. The van der Waals surface area contributed by atoms with Crippen molar-refractivity contribution in [2.45, 2.75) is 63.6 Å². The van der Waals surface area contributed by atoms with Crippen LogP contribution in [0.2, 0.25) is 0 Å². The SMILES string of the molecule is CCC(O)C(CC)NC(=O)C(CCC(=O)O)NC(=O)OCC1c2ccccc2-c2ccccc21. The number of benzene rings is 2. The normalized spacial score (nSPS) is 14.9. The van der Waals surface area contributed by atoms with Gasteiger partial charge < -0.3 is 25.6 Å². The number of alkyl carbamates (subject to hydrolysis) is 1. The van der Waals surface area contributed by atoms with Crippen molar-refractivity contribution in [2.75, 3.05) is 6.61 Å². The van der Waals surface area contributed by atoms with E-state index in [-0.39, 0.29) is 25.4 Å². The zero-order chi connectivity index (χ0) is 24.7. The predicted molar refractivity (Wildman–Crippen MR) is 127 cm³/mol. The van der Waals surface area contributed by atoms with Gasteiger partial charge >= 0.3 is 12.1 Å². The molecule has 2 amide bonds. The summed E-state index contributed by atoms with van der Waals surface area (Å²) >= 11 is 0. The Bertz CT molecular complexity index is 978. The lowest BCUT2D eigenvalue weighted by atomic mass is 9.98. The first kappa shape index (κ1) is 25.2. The number of aliphatic hydroxyl groups excluding tert-OH is 1. The standard InChI is InChI=1S/C26H32N2O6/c1-3-21(23(29)4-2)27-25(32)22(13-14-24(30)31)28-26(33)34-15-20-18-11-7-5-9-16(18)17-10-6-8-12-19(17)20/h5-12,20-23,29H,3-4,13-15H2,1-2H3,(H,27,32)(H,28,33)(H,30,31). The zero-order valence-corrected chi connectivity index (χ0v) is 19.5. The second-order valence-electron chi connectivity index (χ2n) is 8.45. The maximum atomic E-state index is 12.8. The van der Waals surface area contributed by atoms with E-state index in [1.807, 2.05) is 55.5 Å². The molecule has 2 aromatic rings. The summed E-state index contributed by atoms with van der Waals surface area (Å²) in [6, 6.07) is 14.3. The minimum Gasteiger partial charge on any atom is -0.481 e. The minimum absolute atomic E-state index is 0.0826. The smallest absolute Gasteiger partial charge is 0.407 e. The van der Waals surface area contributed by atoms with E-state index in [2.05, 4.69) is 10.6 Å². The highest BCUT2D eigenvalue weighted by Gasteiger charge is 2.30. The van der Waals surface area contributed by atoms with Gasteiger partial charge in [-0.05, 0) is 41.5 Å². The number of hydrogen-bond acceptors (Lipinski definition) is 5. The molecule has 34 heavy (non-hydrogen) atoms. The summed E-state index contributed by atoms with van der Waals surface area (Å²) < 4.78 is 5.50. The minimum atomic E-state index is -1.09. The van der Waals surface area contributed by atoms with Crippen LogP contribution >= 0.6 is 0 Å². The average Bonchev–Trinajstić information content (AvgIpc) is 3.16. The molecule has 0 saturated heterocycles. The first-order valence-electron chi connectivity index (χ1n) is 11.7. The van der Waals surface area contributed by atoms with E-state index in [4.69, 9.17) is 9.84 Å². The topological polar surface area (TPSA) is 125 Å². The van der Waals surface area contributed by atoms with Gasteiger partial charge in [-0.2, -0.15) is 0 Å². The van der Waals surface area contributed by atoms with Crippen LogP contribution in [0.1, 0.15) is 56.6 Å². The van der Waals surface area contributed by atoms with E-state index in [0.717, 1.165) is 22.3 Å². The van der Waals surface area contributed by atoms with E-state index < -0.39 is 36.2 Å². The van der Waals surface area contributed by atoms with Gasteiger partial charge in [-0.1, -0.05) is 62.4 Å². The molecule has 0 aliphatic heterocycles. The predicted octanol–water partition coefficient (Wildman–Crippen LogP) is 3.42. The van der Waals surface area contributed by atoms with Crippen LogP contribution in [0.3, 0.4) is 0 Å². The average molecular weight is 469 g/mol. The molecule has 2 aromatic carbocycles. The number of carboxylic acids is 1. The second-order valence-corrected chi connectivity index (χ2v) is 8.45. The fraction of sp³-hybridized carbons (Fsp3) is 0.423. The molecule has 3 unspecified atom stereocenters. The molecule has 0 radical (unpaired) electrons. The lowest BCUT2D eigenvalue weighted by Gasteiger charge is -2.25. The van der Waals surface area contributed by atoms with Crippen molar-refractivity contribution in [3.8, 4) is 11.1 Å². The van der Waals surface area contributed by atoms with Crippen LogP contribution in [0, 0.1) is 0 Å². The lowest BCUT2D eigenvalue weighted by Crippen LogP contribution is -2.52. The van der Waals surface area contributed by atoms with E-state index in [1.165, 1.54) is 0 Å². The Morgan fingerprint density at radius 1 is 0.941 bits per heavy atom. The highest BCUT2D eigenvalue weighted by Crippen LogP contribution is 2.44. The van der Waals surface area contributed by atoms with Crippen molar-refractivity contribution in [1.29, 1.82) is 0 Å². The fourth-order valence-corrected chi connectivity index (χ4v) is 4.36. The van der Waals surface area contributed by atoms with Gasteiger partial charge in [0.15, 0.2) is 0 Å². The Labute approximate surface area is 199 Å². The number of carbonyl (C=O) groups is 3. The quantitative estimate of drug-likeness (QED) is 0.400. The van der Waals surface area contributed by atoms with Crippen molar-refractivity contribution in [2.24, 2.45) is 0 Å². The summed E-state index contributed by atoms with van der Waals surface area (Å²) in [4.78, 5) is 36.5. The Hall–Kier alpha value is -3.39. The highest BCUT2D eigenvalue weighted by molar-refractivity contribution is 5.86. The van der Waals surface area contributed by atoms with Crippen LogP contribution < -0.4 is 10.6 Å². The molecule has 1 aliphatic rings. The second kappa shape index (κ2) is 11.7. The molecule has 0 fully saturated rings. The van der Waals surface area contributed by atoms with Crippen molar-refractivity contribution < 1.29 is 29.3 Å². The number of hydrogen-bond donors (Lipinski definition) is 4. The van der Waals surface area contributed by atoms with E-state index >= 15 is 0 Å². The largest absolute Gasteiger partial charge is 0.481 e. The lowest BCUT2D eigenvalue weighted by molar-refractivity contribution is -0.137. The number of aliphatic carboxylic acids is 1. The molecule has 0 saturated carbocycles. The van der Waals surface area contributed by atoms with Crippen LogP contribution in [0.5, 0.6) is 0 Å². The van der Waals surface area contributed by atoms with Gasteiger partial charge in [0.2, 0.25) is 5.91 Å². The highest BCUT2D eigenvalue weighted by atomic mass is 16.5. The molecule has 8 nitrogen and oxygen atoms in total. The molecule has 8 heteroatoms. The monoisotopic (exact) mass is 468 g/mol. The van der Waals surface area contributed by atoms with Gasteiger partial charge in [-0.15, -0.1) is 0 Å². The van der Waals surface area contributed by atoms with Crippen LogP contribution in [0.25, 0.3) is 11.1 Å². The van der Waals surface area contributed by atoms with Crippen molar-refractivity contribution in [3.05, 3.63) is 59.7 Å². The summed E-state index contributed by atoms with van der Waals surface area (Å²) in [7, 11) is 0. The summed E-state index contributed by atoms with van der Waals surface area (Å²) in [5.74, 6) is -1.75.